The van der Waals surface area contributed by atoms with Crippen LogP contribution in [0, 0.1) is 12.3 Å². The van der Waals surface area contributed by atoms with Crippen molar-refractivity contribution >= 4 is 5.91 Å². The van der Waals surface area contributed by atoms with Crippen molar-refractivity contribution in [2.45, 2.75) is 13.3 Å². The molecule has 1 N–H and O–H groups in total. The van der Waals surface area contributed by atoms with Crippen molar-refractivity contribution < 1.29 is 4.79 Å². The lowest BCUT2D eigenvalue weighted by Crippen LogP contribution is -2.21. The van der Waals surface area contributed by atoms with E-state index in [1.165, 1.54) is 0 Å². The van der Waals surface area contributed by atoms with Gasteiger partial charge >= 0.3 is 0 Å². The van der Waals surface area contributed by atoms with Gasteiger partial charge in [0.25, 0.3) is 0 Å². The molecule has 8 heavy (non-hydrogen) atoms. The summed E-state index contributed by atoms with van der Waals surface area (Å²) in [5.41, 5.74) is 0. The molecular formula is C6H8NO. The second kappa shape index (κ2) is 4.20. The Labute approximate surface area is 49.3 Å². The molecule has 0 spiro atoms. The molecule has 0 aliphatic heterocycles. The SMILES string of the molecule is [C]#CCC(=O)NCC. The van der Waals surface area contributed by atoms with E-state index in [2.05, 4.69) is 5.32 Å². The molecule has 0 saturated heterocycles. The number of hydrogen-bond acceptors (Lipinski definition) is 1. The van der Waals surface area contributed by atoms with Crippen molar-refractivity contribution in [3.63, 3.8) is 0 Å². The number of carbonyl (C=O) groups is 1. The molecule has 2 heteroatoms. The van der Waals surface area contributed by atoms with E-state index in [0.717, 1.165) is 0 Å². The van der Waals surface area contributed by atoms with Crippen molar-refractivity contribution in [1.29, 1.82) is 0 Å². The summed E-state index contributed by atoms with van der Waals surface area (Å²) in [6.07, 6.45) is 6.48. The number of carbonyl (C=O) groups excluding carboxylic acids is 1. The lowest BCUT2D eigenvalue weighted by molar-refractivity contribution is -0.119. The standard InChI is InChI=1S/C6H8NO/c1-3-5-6(8)7-4-2/h4-5H2,2H3,(H,7,8). The fourth-order valence-electron chi connectivity index (χ4n) is 0.340. The molecule has 0 fully saturated rings. The van der Waals surface area contributed by atoms with Crippen LogP contribution in [0.3, 0.4) is 0 Å². The van der Waals surface area contributed by atoms with Crippen LogP contribution in [-0.4, -0.2) is 12.5 Å². The summed E-state index contributed by atoms with van der Waals surface area (Å²) in [6.45, 7) is 2.46. The molecule has 0 aromatic heterocycles. The minimum absolute atomic E-state index is 0.0772. The van der Waals surface area contributed by atoms with E-state index in [1.54, 1.807) is 0 Å². The van der Waals surface area contributed by atoms with Gasteiger partial charge in [-0.2, -0.15) is 0 Å². The predicted octanol–water partition coefficient (Wildman–Crippen LogP) is 0.102. The van der Waals surface area contributed by atoms with Crippen LogP contribution in [-0.2, 0) is 4.79 Å². The highest BCUT2D eigenvalue weighted by molar-refractivity contribution is 5.77. The van der Waals surface area contributed by atoms with Crippen molar-refractivity contribution in [3.8, 4) is 5.92 Å². The number of amides is 1. The van der Waals surface area contributed by atoms with Gasteiger partial charge in [-0.05, 0) is 13.3 Å². The van der Waals surface area contributed by atoms with Crippen LogP contribution < -0.4 is 5.32 Å². The first-order valence-corrected chi connectivity index (χ1v) is 2.47. The first kappa shape index (κ1) is 7.03. The average molecular weight is 110 g/mol. The molecule has 0 aliphatic carbocycles. The van der Waals surface area contributed by atoms with E-state index < -0.39 is 0 Å². The number of hydrogen-bond donors (Lipinski definition) is 1. The number of rotatable bonds is 2. The molecule has 0 unspecified atom stereocenters. The van der Waals surface area contributed by atoms with Crippen molar-refractivity contribution in [1.82, 2.24) is 5.32 Å². The minimum Gasteiger partial charge on any atom is -0.356 e. The number of nitrogens with one attached hydrogen (secondary N) is 1. The van der Waals surface area contributed by atoms with Gasteiger partial charge in [0, 0.05) is 6.54 Å². The van der Waals surface area contributed by atoms with Crippen molar-refractivity contribution in [2.75, 3.05) is 6.54 Å². The van der Waals surface area contributed by atoms with Gasteiger partial charge in [-0.3, -0.25) is 4.79 Å². The molecule has 1 radical (unpaired) electrons. The Morgan fingerprint density at radius 2 is 2.50 bits per heavy atom. The molecule has 0 saturated carbocycles. The largest absolute Gasteiger partial charge is 0.356 e. The summed E-state index contributed by atoms with van der Waals surface area (Å²) in [5, 5.41) is 2.52. The Bertz CT molecular complexity index is 112. The van der Waals surface area contributed by atoms with Gasteiger partial charge in [-0.25, -0.2) is 0 Å². The van der Waals surface area contributed by atoms with Gasteiger partial charge < -0.3 is 5.32 Å². The Morgan fingerprint density at radius 3 is 2.88 bits per heavy atom. The molecule has 43 valence electrons. The molecule has 2 nitrogen and oxygen atoms in total. The quantitative estimate of drug-likeness (QED) is 0.502. The average Bonchev–Trinajstić information content (AvgIpc) is 1.68. The van der Waals surface area contributed by atoms with E-state index in [1.807, 2.05) is 12.8 Å². The highest BCUT2D eigenvalue weighted by Crippen LogP contribution is 1.71. The summed E-state index contributed by atoms with van der Waals surface area (Å²) in [7, 11) is 0. The second-order valence-electron chi connectivity index (χ2n) is 1.31. The normalized spacial score (nSPS) is 7.50. The summed E-state index contributed by atoms with van der Waals surface area (Å²) >= 11 is 0. The molecule has 0 rings (SSSR count). The third-order valence-corrected chi connectivity index (χ3v) is 0.623. The van der Waals surface area contributed by atoms with Crippen LogP contribution in [0.4, 0.5) is 0 Å². The van der Waals surface area contributed by atoms with Gasteiger partial charge in [-0.15, -0.1) is 0 Å². The summed E-state index contributed by atoms with van der Waals surface area (Å²) in [5.74, 6) is 1.85. The topological polar surface area (TPSA) is 29.1 Å². The van der Waals surface area contributed by atoms with Gasteiger partial charge in [0.2, 0.25) is 5.91 Å². The molecule has 0 aromatic carbocycles. The van der Waals surface area contributed by atoms with Crippen LogP contribution in [0.1, 0.15) is 13.3 Å². The summed E-state index contributed by atoms with van der Waals surface area (Å²) in [4.78, 5) is 10.3. The minimum atomic E-state index is -0.137. The van der Waals surface area contributed by atoms with Gasteiger partial charge in [0.05, 0.1) is 6.42 Å². The third-order valence-electron chi connectivity index (χ3n) is 0.623. The van der Waals surface area contributed by atoms with E-state index in [0.29, 0.717) is 6.54 Å². The zero-order valence-electron chi connectivity index (χ0n) is 4.82. The maximum atomic E-state index is 10.3. The maximum absolute atomic E-state index is 10.3. The maximum Gasteiger partial charge on any atom is 0.232 e. The van der Waals surface area contributed by atoms with E-state index >= 15 is 0 Å². The highest BCUT2D eigenvalue weighted by atomic mass is 16.1. The molecule has 0 atom stereocenters. The Morgan fingerprint density at radius 1 is 1.88 bits per heavy atom. The predicted molar refractivity (Wildman–Crippen MR) is 30.4 cm³/mol. The molecule has 0 aliphatic rings. The van der Waals surface area contributed by atoms with Gasteiger partial charge in [0.15, 0.2) is 0 Å². The van der Waals surface area contributed by atoms with E-state index in [4.69, 9.17) is 6.42 Å². The van der Waals surface area contributed by atoms with E-state index in [-0.39, 0.29) is 12.3 Å². The smallest absolute Gasteiger partial charge is 0.232 e. The first-order valence-electron chi connectivity index (χ1n) is 2.47. The zero-order chi connectivity index (χ0) is 6.41. The monoisotopic (exact) mass is 110 g/mol. The Hall–Kier alpha value is -0.970. The summed E-state index contributed by atoms with van der Waals surface area (Å²) in [6, 6.07) is 0. The fourth-order valence-corrected chi connectivity index (χ4v) is 0.340. The zero-order valence-corrected chi connectivity index (χ0v) is 4.82. The fraction of sp³-hybridized carbons (Fsp3) is 0.500. The van der Waals surface area contributed by atoms with Gasteiger partial charge in [0.1, 0.15) is 0 Å². The van der Waals surface area contributed by atoms with Crippen LogP contribution in [0.15, 0.2) is 0 Å². The Kier molecular flexibility index (Phi) is 3.69. The van der Waals surface area contributed by atoms with Crippen LogP contribution >= 0.6 is 0 Å². The highest BCUT2D eigenvalue weighted by Gasteiger charge is 1.91. The van der Waals surface area contributed by atoms with E-state index in [9.17, 15) is 4.79 Å². The lowest BCUT2D eigenvalue weighted by atomic mass is 10.4. The first-order chi connectivity index (χ1) is 3.81. The summed E-state index contributed by atoms with van der Waals surface area (Å²) < 4.78 is 0. The third kappa shape index (κ3) is 3.23. The second-order valence-corrected chi connectivity index (χ2v) is 1.31. The molecule has 0 aromatic rings. The molecular weight excluding hydrogens is 102 g/mol. The van der Waals surface area contributed by atoms with Gasteiger partial charge in [-0.1, -0.05) is 5.92 Å². The van der Waals surface area contributed by atoms with Crippen molar-refractivity contribution in [2.24, 2.45) is 0 Å². The lowest BCUT2D eigenvalue weighted by Gasteiger charge is -1.93. The molecule has 1 amide bonds. The van der Waals surface area contributed by atoms with Crippen LogP contribution in [0.25, 0.3) is 0 Å². The molecule has 0 heterocycles. The Balaban J connectivity index is 3.23. The van der Waals surface area contributed by atoms with Crippen LogP contribution in [0.2, 0.25) is 0 Å². The van der Waals surface area contributed by atoms with Crippen molar-refractivity contribution in [3.05, 3.63) is 6.42 Å². The van der Waals surface area contributed by atoms with Crippen LogP contribution in [0.5, 0.6) is 0 Å². The molecule has 0 bridgehead atoms.